The summed E-state index contributed by atoms with van der Waals surface area (Å²) in [6.45, 7) is 5.20. The first-order valence-electron chi connectivity index (χ1n) is 4.31. The van der Waals surface area contributed by atoms with Crippen LogP contribution in [0.2, 0.25) is 0 Å². The molecule has 0 bridgehead atoms. The van der Waals surface area contributed by atoms with Gasteiger partial charge >= 0.3 is 11.9 Å². The van der Waals surface area contributed by atoms with Crippen molar-refractivity contribution in [3.05, 3.63) is 0 Å². The predicted octanol–water partition coefficient (Wildman–Crippen LogP) is 0.218. The van der Waals surface area contributed by atoms with E-state index in [0.717, 1.165) is 0 Å². The number of hydrogen-bond acceptors (Lipinski definition) is 5. The Morgan fingerprint density at radius 3 is 2.21 bits per heavy atom. The van der Waals surface area contributed by atoms with Gasteiger partial charge in [0.05, 0.1) is 13.5 Å². The Morgan fingerprint density at radius 1 is 1.36 bits per heavy atom. The third-order valence-corrected chi connectivity index (χ3v) is 1.32. The number of rotatable bonds is 3. The van der Waals surface area contributed by atoms with E-state index in [4.69, 9.17) is 10.5 Å². The molecule has 0 aliphatic rings. The molecule has 0 amide bonds. The highest BCUT2D eigenvalue weighted by atomic mass is 16.6. The molecule has 0 radical (unpaired) electrons. The Balaban J connectivity index is 4.07. The minimum absolute atomic E-state index is 0.161. The molecule has 5 heteroatoms. The van der Waals surface area contributed by atoms with Gasteiger partial charge in [0, 0.05) is 0 Å². The van der Waals surface area contributed by atoms with Crippen molar-refractivity contribution in [2.24, 2.45) is 5.73 Å². The van der Waals surface area contributed by atoms with Gasteiger partial charge in [-0.2, -0.15) is 0 Å². The molecule has 0 aromatic carbocycles. The highest BCUT2D eigenvalue weighted by Gasteiger charge is 2.24. The van der Waals surface area contributed by atoms with Gasteiger partial charge in [-0.3, -0.25) is 9.59 Å². The second-order valence-corrected chi connectivity index (χ2v) is 3.92. The van der Waals surface area contributed by atoms with E-state index < -0.39 is 23.6 Å². The highest BCUT2D eigenvalue weighted by molar-refractivity contribution is 5.82. The SMILES string of the molecule is COC(=O)C[C@@H](N)C(=O)OC(C)(C)C. The summed E-state index contributed by atoms with van der Waals surface area (Å²) < 4.78 is 9.35. The van der Waals surface area contributed by atoms with E-state index in [1.807, 2.05) is 0 Å². The van der Waals surface area contributed by atoms with Crippen molar-refractivity contribution in [2.75, 3.05) is 7.11 Å². The van der Waals surface area contributed by atoms with Crippen molar-refractivity contribution in [2.45, 2.75) is 38.8 Å². The maximum atomic E-state index is 11.3. The Morgan fingerprint density at radius 2 is 1.86 bits per heavy atom. The fourth-order valence-electron chi connectivity index (χ4n) is 0.724. The lowest BCUT2D eigenvalue weighted by molar-refractivity contribution is -0.159. The fourth-order valence-corrected chi connectivity index (χ4v) is 0.724. The second-order valence-electron chi connectivity index (χ2n) is 3.92. The largest absolute Gasteiger partial charge is 0.469 e. The van der Waals surface area contributed by atoms with Crippen LogP contribution in [0.3, 0.4) is 0 Å². The Kier molecular flexibility index (Phi) is 4.56. The highest BCUT2D eigenvalue weighted by Crippen LogP contribution is 2.08. The molecule has 0 aromatic heterocycles. The molecule has 0 saturated heterocycles. The summed E-state index contributed by atoms with van der Waals surface area (Å²) in [4.78, 5) is 22.0. The second kappa shape index (κ2) is 4.95. The van der Waals surface area contributed by atoms with Gasteiger partial charge < -0.3 is 15.2 Å². The molecular weight excluding hydrogens is 186 g/mol. The number of hydrogen-bond donors (Lipinski definition) is 1. The van der Waals surface area contributed by atoms with E-state index in [-0.39, 0.29) is 6.42 Å². The Hall–Kier alpha value is -1.10. The molecule has 82 valence electrons. The fraction of sp³-hybridized carbons (Fsp3) is 0.778. The third-order valence-electron chi connectivity index (χ3n) is 1.32. The van der Waals surface area contributed by atoms with Crippen molar-refractivity contribution in [3.63, 3.8) is 0 Å². The number of nitrogens with two attached hydrogens (primary N) is 1. The van der Waals surface area contributed by atoms with Gasteiger partial charge in [-0.25, -0.2) is 0 Å². The molecule has 0 spiro atoms. The summed E-state index contributed by atoms with van der Waals surface area (Å²) in [5.41, 5.74) is 4.83. The van der Waals surface area contributed by atoms with Crippen molar-refractivity contribution in [3.8, 4) is 0 Å². The Labute approximate surface area is 83.5 Å². The van der Waals surface area contributed by atoms with Crippen LogP contribution in [0, 0.1) is 0 Å². The van der Waals surface area contributed by atoms with Gasteiger partial charge in [-0.05, 0) is 20.8 Å². The van der Waals surface area contributed by atoms with Crippen LogP contribution in [0.15, 0.2) is 0 Å². The van der Waals surface area contributed by atoms with Gasteiger partial charge in [0.1, 0.15) is 11.6 Å². The van der Waals surface area contributed by atoms with Crippen LogP contribution in [0.5, 0.6) is 0 Å². The average Bonchev–Trinajstić information content (AvgIpc) is 2.00. The summed E-state index contributed by atoms with van der Waals surface area (Å²) in [5.74, 6) is -1.12. The molecular formula is C9H17NO4. The summed E-state index contributed by atoms with van der Waals surface area (Å²) in [6.07, 6.45) is -0.161. The topological polar surface area (TPSA) is 78.6 Å². The molecule has 0 aliphatic carbocycles. The zero-order valence-corrected chi connectivity index (χ0v) is 8.99. The van der Waals surface area contributed by atoms with Crippen molar-refractivity contribution < 1.29 is 19.1 Å². The number of carbonyl (C=O) groups excluding carboxylic acids is 2. The van der Waals surface area contributed by atoms with E-state index >= 15 is 0 Å². The zero-order chi connectivity index (χ0) is 11.4. The molecule has 1 atom stereocenters. The quantitative estimate of drug-likeness (QED) is 0.664. The first-order valence-corrected chi connectivity index (χ1v) is 4.31. The van der Waals surface area contributed by atoms with Crippen LogP contribution in [-0.2, 0) is 19.1 Å². The van der Waals surface area contributed by atoms with Gasteiger partial charge in [-0.1, -0.05) is 0 Å². The first kappa shape index (κ1) is 12.9. The number of ether oxygens (including phenoxy) is 2. The van der Waals surface area contributed by atoms with E-state index in [1.54, 1.807) is 20.8 Å². The lowest BCUT2D eigenvalue weighted by atomic mass is 10.1. The van der Waals surface area contributed by atoms with Gasteiger partial charge in [0.15, 0.2) is 0 Å². The van der Waals surface area contributed by atoms with Gasteiger partial charge in [0.2, 0.25) is 0 Å². The average molecular weight is 203 g/mol. The van der Waals surface area contributed by atoms with Crippen LogP contribution in [0.25, 0.3) is 0 Å². The molecule has 2 N–H and O–H groups in total. The van der Waals surface area contributed by atoms with E-state index in [1.165, 1.54) is 7.11 Å². The van der Waals surface area contributed by atoms with Crippen LogP contribution >= 0.6 is 0 Å². The molecule has 0 fully saturated rings. The first-order chi connectivity index (χ1) is 6.26. The molecule has 0 saturated carbocycles. The monoisotopic (exact) mass is 203 g/mol. The standard InChI is InChI=1S/C9H17NO4/c1-9(2,3)14-8(12)6(10)5-7(11)13-4/h6H,5,10H2,1-4H3/t6-/m1/s1. The smallest absolute Gasteiger partial charge is 0.324 e. The summed E-state index contributed by atoms with van der Waals surface area (Å²) >= 11 is 0. The molecule has 0 heterocycles. The summed E-state index contributed by atoms with van der Waals surface area (Å²) in [6, 6.07) is -0.957. The molecule has 0 aliphatic heterocycles. The van der Waals surface area contributed by atoms with Crippen molar-refractivity contribution in [1.29, 1.82) is 0 Å². The number of methoxy groups -OCH3 is 1. The minimum Gasteiger partial charge on any atom is -0.469 e. The van der Waals surface area contributed by atoms with E-state index in [2.05, 4.69) is 4.74 Å². The summed E-state index contributed by atoms with van der Waals surface area (Å²) in [5, 5.41) is 0. The molecule has 0 rings (SSSR count). The maximum absolute atomic E-state index is 11.3. The van der Waals surface area contributed by atoms with Crippen molar-refractivity contribution in [1.82, 2.24) is 0 Å². The van der Waals surface area contributed by atoms with Crippen molar-refractivity contribution >= 4 is 11.9 Å². The molecule has 5 nitrogen and oxygen atoms in total. The van der Waals surface area contributed by atoms with Gasteiger partial charge in [-0.15, -0.1) is 0 Å². The number of carbonyl (C=O) groups is 2. The molecule has 0 aromatic rings. The van der Waals surface area contributed by atoms with Crippen LogP contribution in [0.1, 0.15) is 27.2 Å². The molecule has 0 unspecified atom stereocenters. The van der Waals surface area contributed by atoms with E-state index in [9.17, 15) is 9.59 Å². The normalized spacial score (nSPS) is 13.2. The maximum Gasteiger partial charge on any atom is 0.324 e. The lowest BCUT2D eigenvalue weighted by Crippen LogP contribution is -2.39. The van der Waals surface area contributed by atoms with Gasteiger partial charge in [0.25, 0.3) is 0 Å². The lowest BCUT2D eigenvalue weighted by Gasteiger charge is -2.21. The summed E-state index contributed by atoms with van der Waals surface area (Å²) in [7, 11) is 1.24. The third kappa shape index (κ3) is 5.53. The Bertz CT molecular complexity index is 219. The van der Waals surface area contributed by atoms with Crippen LogP contribution in [-0.4, -0.2) is 30.7 Å². The minimum atomic E-state index is -0.957. The molecule has 14 heavy (non-hydrogen) atoms. The van der Waals surface area contributed by atoms with E-state index in [0.29, 0.717) is 0 Å². The predicted molar refractivity (Wildman–Crippen MR) is 50.5 cm³/mol. The number of esters is 2. The zero-order valence-electron chi connectivity index (χ0n) is 8.99. The van der Waals surface area contributed by atoms with Crippen LogP contribution < -0.4 is 5.73 Å². The van der Waals surface area contributed by atoms with Crippen LogP contribution in [0.4, 0.5) is 0 Å².